The van der Waals surface area contributed by atoms with Gasteiger partial charge >= 0.3 is 6.03 Å². The molecule has 0 aromatic carbocycles. The van der Waals surface area contributed by atoms with E-state index in [9.17, 15) is 14.4 Å². The summed E-state index contributed by atoms with van der Waals surface area (Å²) >= 11 is 0. The van der Waals surface area contributed by atoms with E-state index in [4.69, 9.17) is 0 Å². The van der Waals surface area contributed by atoms with Gasteiger partial charge < -0.3 is 10.6 Å². The van der Waals surface area contributed by atoms with Crippen LogP contribution in [-0.4, -0.2) is 41.4 Å². The van der Waals surface area contributed by atoms with Gasteiger partial charge in [-0.1, -0.05) is 46.0 Å². The highest BCUT2D eigenvalue weighted by Crippen LogP contribution is 2.31. The Morgan fingerprint density at radius 3 is 2.39 bits per heavy atom. The van der Waals surface area contributed by atoms with Gasteiger partial charge in [-0.05, 0) is 25.2 Å². The van der Waals surface area contributed by atoms with Gasteiger partial charge in [0.05, 0.1) is 0 Å². The van der Waals surface area contributed by atoms with Gasteiger partial charge in [0.15, 0.2) is 0 Å². The predicted octanol–water partition coefficient (Wildman–Crippen LogP) is 2.18. The third-order valence-electron chi connectivity index (χ3n) is 4.80. The van der Waals surface area contributed by atoms with Gasteiger partial charge in [0.25, 0.3) is 5.91 Å². The Balaban J connectivity index is 1.93. The molecule has 0 radical (unpaired) electrons. The summed E-state index contributed by atoms with van der Waals surface area (Å²) in [7, 11) is 0. The number of carbonyl (C=O) groups excluding carboxylic acids is 3. The molecule has 1 heterocycles. The molecule has 1 spiro atoms. The SMILES string of the molecule is CC(C)CCNC(=O)CN1C(=O)NC2(CCCCCCC2)C1=O. The number of nitrogens with zero attached hydrogens (tertiary/aromatic N) is 1. The van der Waals surface area contributed by atoms with Gasteiger partial charge in [0.2, 0.25) is 5.91 Å². The molecule has 130 valence electrons. The molecule has 23 heavy (non-hydrogen) atoms. The van der Waals surface area contributed by atoms with Crippen LogP contribution in [0.15, 0.2) is 0 Å². The highest BCUT2D eigenvalue weighted by atomic mass is 16.2. The van der Waals surface area contributed by atoms with Crippen LogP contribution in [0, 0.1) is 5.92 Å². The first-order valence-corrected chi connectivity index (χ1v) is 8.85. The van der Waals surface area contributed by atoms with Crippen molar-refractivity contribution in [2.24, 2.45) is 5.92 Å². The summed E-state index contributed by atoms with van der Waals surface area (Å²) in [5.41, 5.74) is -0.768. The smallest absolute Gasteiger partial charge is 0.325 e. The van der Waals surface area contributed by atoms with Crippen molar-refractivity contribution in [1.82, 2.24) is 15.5 Å². The van der Waals surface area contributed by atoms with Crippen molar-refractivity contribution in [3.05, 3.63) is 0 Å². The lowest BCUT2D eigenvalue weighted by atomic mass is 9.84. The van der Waals surface area contributed by atoms with Crippen LogP contribution in [0.3, 0.4) is 0 Å². The molecule has 0 unspecified atom stereocenters. The zero-order valence-electron chi connectivity index (χ0n) is 14.3. The van der Waals surface area contributed by atoms with E-state index < -0.39 is 11.6 Å². The second-order valence-corrected chi connectivity index (χ2v) is 7.20. The molecule has 6 heteroatoms. The first kappa shape index (κ1) is 17.8. The van der Waals surface area contributed by atoms with Crippen LogP contribution in [0.4, 0.5) is 4.79 Å². The van der Waals surface area contributed by atoms with E-state index in [2.05, 4.69) is 24.5 Å². The van der Waals surface area contributed by atoms with Crippen LogP contribution in [0.1, 0.15) is 65.2 Å². The van der Waals surface area contributed by atoms with Gasteiger partial charge in [-0.15, -0.1) is 0 Å². The molecule has 1 aliphatic heterocycles. The number of hydrogen-bond donors (Lipinski definition) is 2. The fourth-order valence-corrected chi connectivity index (χ4v) is 3.37. The summed E-state index contributed by atoms with van der Waals surface area (Å²) in [5.74, 6) is 0.0191. The number of rotatable bonds is 5. The quantitative estimate of drug-likeness (QED) is 0.761. The Morgan fingerprint density at radius 1 is 1.17 bits per heavy atom. The summed E-state index contributed by atoms with van der Waals surface area (Å²) in [6.45, 7) is 4.57. The van der Waals surface area contributed by atoms with Crippen molar-refractivity contribution in [3.8, 4) is 0 Å². The fraction of sp³-hybridized carbons (Fsp3) is 0.824. The normalized spacial score (nSPS) is 21.3. The summed E-state index contributed by atoms with van der Waals surface area (Å²) < 4.78 is 0. The maximum absolute atomic E-state index is 12.7. The first-order valence-electron chi connectivity index (χ1n) is 8.85. The van der Waals surface area contributed by atoms with Crippen molar-refractivity contribution >= 4 is 17.8 Å². The van der Waals surface area contributed by atoms with Gasteiger partial charge in [-0.25, -0.2) is 4.79 Å². The standard InChI is InChI=1S/C17H29N3O3/c1-13(2)8-11-18-14(21)12-20-15(22)17(19-16(20)23)9-6-4-3-5-7-10-17/h13H,3-12H2,1-2H3,(H,18,21)(H,19,23). The third-order valence-corrected chi connectivity index (χ3v) is 4.80. The first-order chi connectivity index (χ1) is 10.9. The molecule has 6 nitrogen and oxygen atoms in total. The average molecular weight is 323 g/mol. The van der Waals surface area contributed by atoms with Crippen LogP contribution < -0.4 is 10.6 Å². The minimum Gasteiger partial charge on any atom is -0.355 e. The molecule has 2 aliphatic rings. The Bertz CT molecular complexity index is 454. The Kier molecular flexibility index (Phi) is 6.02. The molecule has 2 rings (SSSR count). The van der Waals surface area contributed by atoms with Crippen molar-refractivity contribution < 1.29 is 14.4 Å². The van der Waals surface area contributed by atoms with Crippen molar-refractivity contribution in [3.63, 3.8) is 0 Å². The number of nitrogens with one attached hydrogen (secondary N) is 2. The molecule has 0 aromatic heterocycles. The molecular formula is C17H29N3O3. The lowest BCUT2D eigenvalue weighted by molar-refractivity contribution is -0.135. The number of amides is 4. The van der Waals surface area contributed by atoms with Crippen molar-refractivity contribution in [1.29, 1.82) is 0 Å². The summed E-state index contributed by atoms with van der Waals surface area (Å²) in [5, 5.41) is 5.66. The summed E-state index contributed by atoms with van der Waals surface area (Å²) in [4.78, 5) is 38.0. The second kappa shape index (κ2) is 7.79. The van der Waals surface area contributed by atoms with Crippen LogP contribution in [-0.2, 0) is 9.59 Å². The van der Waals surface area contributed by atoms with Gasteiger partial charge in [-0.3, -0.25) is 14.5 Å². The maximum atomic E-state index is 12.7. The van der Waals surface area contributed by atoms with E-state index in [0.29, 0.717) is 25.3 Å². The molecular weight excluding hydrogens is 294 g/mol. The van der Waals surface area contributed by atoms with Crippen LogP contribution in [0.2, 0.25) is 0 Å². The molecule has 0 bridgehead atoms. The van der Waals surface area contributed by atoms with Crippen LogP contribution >= 0.6 is 0 Å². The van der Waals surface area contributed by atoms with E-state index in [0.717, 1.165) is 37.0 Å². The molecule has 0 aromatic rings. The van der Waals surface area contributed by atoms with Gasteiger partial charge in [0.1, 0.15) is 12.1 Å². The third kappa shape index (κ3) is 4.45. The molecule has 2 fully saturated rings. The molecule has 2 N–H and O–H groups in total. The molecule has 1 saturated carbocycles. The van der Waals surface area contributed by atoms with Crippen molar-refractivity contribution in [2.45, 2.75) is 70.8 Å². The Morgan fingerprint density at radius 2 is 1.78 bits per heavy atom. The van der Waals surface area contributed by atoms with Crippen molar-refractivity contribution in [2.75, 3.05) is 13.1 Å². The topological polar surface area (TPSA) is 78.5 Å². The van der Waals surface area contributed by atoms with E-state index in [1.54, 1.807) is 0 Å². The zero-order chi connectivity index (χ0) is 16.9. The monoisotopic (exact) mass is 323 g/mol. The van der Waals surface area contributed by atoms with Gasteiger partial charge in [-0.2, -0.15) is 0 Å². The van der Waals surface area contributed by atoms with E-state index in [1.807, 2.05) is 0 Å². The van der Waals surface area contributed by atoms with Gasteiger partial charge in [0, 0.05) is 6.54 Å². The van der Waals surface area contributed by atoms with Crippen LogP contribution in [0.5, 0.6) is 0 Å². The van der Waals surface area contributed by atoms with E-state index in [-0.39, 0.29) is 18.4 Å². The minimum absolute atomic E-state index is 0.176. The molecule has 0 atom stereocenters. The average Bonchev–Trinajstić information content (AvgIpc) is 2.68. The second-order valence-electron chi connectivity index (χ2n) is 7.20. The lowest BCUT2D eigenvalue weighted by Gasteiger charge is -2.28. The highest BCUT2D eigenvalue weighted by molar-refractivity contribution is 6.09. The van der Waals surface area contributed by atoms with E-state index in [1.165, 1.54) is 6.42 Å². The summed E-state index contributed by atoms with van der Waals surface area (Å²) in [6.07, 6.45) is 7.53. The molecule has 1 saturated heterocycles. The number of carbonyl (C=O) groups is 3. The lowest BCUT2D eigenvalue weighted by Crippen LogP contribution is -2.48. The number of imide groups is 1. The number of hydrogen-bond acceptors (Lipinski definition) is 3. The van der Waals surface area contributed by atoms with Crippen LogP contribution in [0.25, 0.3) is 0 Å². The zero-order valence-corrected chi connectivity index (χ0v) is 14.3. The summed E-state index contributed by atoms with van der Waals surface area (Å²) in [6, 6.07) is -0.422. The highest BCUT2D eigenvalue weighted by Gasteiger charge is 2.50. The minimum atomic E-state index is -0.768. The molecule has 1 aliphatic carbocycles. The van der Waals surface area contributed by atoms with E-state index >= 15 is 0 Å². The Labute approximate surface area is 138 Å². The number of urea groups is 1. The Hall–Kier alpha value is -1.59. The fourth-order valence-electron chi connectivity index (χ4n) is 3.37. The largest absolute Gasteiger partial charge is 0.355 e. The molecule has 4 amide bonds. The maximum Gasteiger partial charge on any atom is 0.325 e. The predicted molar refractivity (Wildman–Crippen MR) is 87.8 cm³/mol.